The standard InChI is InChI=1S/C19H23N3/c1-11(2)16-8-20-10-18-17(16)9-21-19(22-18)15-7-12(3)6-13(4)14(15)5/h6-11,19,22H,1-5H3. The number of hydrogen-bond donors (Lipinski definition) is 1. The van der Waals surface area contributed by atoms with Crippen LogP contribution in [0.3, 0.4) is 0 Å². The molecule has 0 saturated carbocycles. The molecule has 0 fully saturated rings. The summed E-state index contributed by atoms with van der Waals surface area (Å²) in [5, 5.41) is 3.54. The van der Waals surface area contributed by atoms with Crippen molar-refractivity contribution >= 4 is 11.9 Å². The number of aromatic nitrogens is 1. The van der Waals surface area contributed by atoms with Crippen molar-refractivity contribution in [1.29, 1.82) is 0 Å². The number of benzene rings is 1. The quantitative estimate of drug-likeness (QED) is 0.873. The summed E-state index contributed by atoms with van der Waals surface area (Å²) in [7, 11) is 0. The lowest BCUT2D eigenvalue weighted by molar-refractivity contribution is 0.807. The SMILES string of the molecule is Cc1cc(C)c(C)c(C2N=Cc3c(cncc3C(C)C)N2)c1. The molecule has 1 unspecified atom stereocenters. The molecular formula is C19H23N3. The minimum atomic E-state index is -0.0321. The van der Waals surface area contributed by atoms with Gasteiger partial charge in [-0.3, -0.25) is 9.98 Å². The first kappa shape index (κ1) is 14.8. The predicted octanol–water partition coefficient (Wildman–Crippen LogP) is 4.67. The first-order chi connectivity index (χ1) is 10.5. The number of rotatable bonds is 2. The van der Waals surface area contributed by atoms with Crippen LogP contribution in [0.25, 0.3) is 0 Å². The summed E-state index contributed by atoms with van der Waals surface area (Å²) in [6.45, 7) is 10.8. The largest absolute Gasteiger partial charge is 0.358 e. The van der Waals surface area contributed by atoms with E-state index in [-0.39, 0.29) is 6.17 Å². The van der Waals surface area contributed by atoms with Crippen LogP contribution in [0.2, 0.25) is 0 Å². The van der Waals surface area contributed by atoms with Crippen LogP contribution in [-0.2, 0) is 0 Å². The van der Waals surface area contributed by atoms with E-state index < -0.39 is 0 Å². The highest BCUT2D eigenvalue weighted by molar-refractivity contribution is 5.91. The Balaban J connectivity index is 2.03. The highest BCUT2D eigenvalue weighted by Gasteiger charge is 2.21. The van der Waals surface area contributed by atoms with Crippen molar-refractivity contribution < 1.29 is 0 Å². The summed E-state index contributed by atoms with van der Waals surface area (Å²) in [5.41, 5.74) is 8.62. The van der Waals surface area contributed by atoms with Gasteiger partial charge in [0.15, 0.2) is 0 Å². The van der Waals surface area contributed by atoms with Gasteiger partial charge in [0.1, 0.15) is 6.17 Å². The van der Waals surface area contributed by atoms with Crippen molar-refractivity contribution in [3.63, 3.8) is 0 Å². The second-order valence-electron chi connectivity index (χ2n) is 6.47. The average molecular weight is 293 g/mol. The zero-order valence-corrected chi connectivity index (χ0v) is 13.9. The third-order valence-electron chi connectivity index (χ3n) is 4.43. The summed E-state index contributed by atoms with van der Waals surface area (Å²) < 4.78 is 0. The maximum absolute atomic E-state index is 4.76. The third kappa shape index (κ3) is 2.52. The van der Waals surface area contributed by atoms with Gasteiger partial charge < -0.3 is 5.32 Å². The van der Waals surface area contributed by atoms with Crippen LogP contribution in [0.1, 0.15) is 59.3 Å². The maximum Gasteiger partial charge on any atom is 0.145 e. The van der Waals surface area contributed by atoms with Crippen molar-refractivity contribution in [2.45, 2.75) is 46.7 Å². The lowest BCUT2D eigenvalue weighted by Gasteiger charge is -2.26. The molecule has 3 nitrogen and oxygen atoms in total. The van der Waals surface area contributed by atoms with Crippen LogP contribution >= 0.6 is 0 Å². The Hall–Kier alpha value is -2.16. The summed E-state index contributed by atoms with van der Waals surface area (Å²) in [6, 6.07) is 4.44. The van der Waals surface area contributed by atoms with E-state index in [0.29, 0.717) is 5.92 Å². The van der Waals surface area contributed by atoms with Crippen LogP contribution < -0.4 is 5.32 Å². The van der Waals surface area contributed by atoms with E-state index in [1.807, 2.05) is 18.6 Å². The molecule has 1 aromatic carbocycles. The molecule has 1 aliphatic heterocycles. The maximum atomic E-state index is 4.76. The van der Waals surface area contributed by atoms with E-state index in [2.05, 4.69) is 57.1 Å². The molecule has 1 N–H and O–H groups in total. The van der Waals surface area contributed by atoms with Gasteiger partial charge in [-0.05, 0) is 48.9 Å². The van der Waals surface area contributed by atoms with Gasteiger partial charge in [-0.15, -0.1) is 0 Å². The number of nitrogens with one attached hydrogen (secondary N) is 1. The van der Waals surface area contributed by atoms with E-state index in [1.165, 1.54) is 33.4 Å². The van der Waals surface area contributed by atoms with Crippen LogP contribution in [0.15, 0.2) is 29.5 Å². The van der Waals surface area contributed by atoms with Crippen molar-refractivity contribution in [2.24, 2.45) is 4.99 Å². The predicted molar refractivity (Wildman–Crippen MR) is 92.9 cm³/mol. The zero-order chi connectivity index (χ0) is 15.9. The molecule has 3 rings (SSSR count). The Morgan fingerprint density at radius 3 is 2.59 bits per heavy atom. The highest BCUT2D eigenvalue weighted by atomic mass is 15.1. The van der Waals surface area contributed by atoms with Crippen LogP contribution in [0, 0.1) is 20.8 Å². The fourth-order valence-corrected chi connectivity index (χ4v) is 3.05. The Morgan fingerprint density at radius 2 is 1.86 bits per heavy atom. The topological polar surface area (TPSA) is 37.3 Å². The number of hydrogen-bond acceptors (Lipinski definition) is 3. The molecule has 114 valence electrons. The highest BCUT2D eigenvalue weighted by Crippen LogP contribution is 2.33. The van der Waals surface area contributed by atoms with Gasteiger partial charge in [0.2, 0.25) is 0 Å². The van der Waals surface area contributed by atoms with Gasteiger partial charge in [-0.25, -0.2) is 0 Å². The van der Waals surface area contributed by atoms with Crippen molar-refractivity contribution in [1.82, 2.24) is 4.98 Å². The van der Waals surface area contributed by atoms with Gasteiger partial charge in [-0.2, -0.15) is 0 Å². The van der Waals surface area contributed by atoms with Crippen molar-refractivity contribution in [2.75, 3.05) is 5.32 Å². The summed E-state index contributed by atoms with van der Waals surface area (Å²) in [6.07, 6.45) is 5.82. The molecule has 0 radical (unpaired) electrons. The summed E-state index contributed by atoms with van der Waals surface area (Å²) in [5.74, 6) is 0.440. The Bertz CT molecular complexity index is 745. The Labute approximate surface area is 132 Å². The minimum absolute atomic E-state index is 0.0321. The van der Waals surface area contributed by atoms with Gasteiger partial charge in [0.25, 0.3) is 0 Å². The summed E-state index contributed by atoms with van der Waals surface area (Å²) >= 11 is 0. The molecule has 0 aliphatic carbocycles. The van der Waals surface area contributed by atoms with Crippen molar-refractivity contribution in [3.05, 3.63) is 57.9 Å². The fraction of sp³-hybridized carbons (Fsp3) is 0.368. The van der Waals surface area contributed by atoms with Crippen LogP contribution in [0.5, 0.6) is 0 Å². The first-order valence-corrected chi connectivity index (χ1v) is 7.82. The van der Waals surface area contributed by atoms with Gasteiger partial charge in [0.05, 0.1) is 11.9 Å². The second kappa shape index (κ2) is 5.56. The second-order valence-corrected chi connectivity index (χ2v) is 6.47. The first-order valence-electron chi connectivity index (χ1n) is 7.82. The van der Waals surface area contributed by atoms with E-state index in [1.54, 1.807) is 0 Å². The molecular weight excluding hydrogens is 270 g/mol. The van der Waals surface area contributed by atoms with Crippen LogP contribution in [0.4, 0.5) is 5.69 Å². The fourth-order valence-electron chi connectivity index (χ4n) is 3.05. The molecule has 2 aromatic rings. The van der Waals surface area contributed by atoms with Crippen LogP contribution in [-0.4, -0.2) is 11.2 Å². The number of anilines is 1. The lowest BCUT2D eigenvalue weighted by atomic mass is 9.95. The zero-order valence-electron chi connectivity index (χ0n) is 13.9. The molecule has 2 heterocycles. The molecule has 1 aromatic heterocycles. The molecule has 22 heavy (non-hydrogen) atoms. The number of aliphatic imine (C=N–C) groups is 1. The smallest absolute Gasteiger partial charge is 0.145 e. The average Bonchev–Trinajstić information content (AvgIpc) is 2.49. The molecule has 1 atom stereocenters. The molecule has 0 amide bonds. The Morgan fingerprint density at radius 1 is 1.09 bits per heavy atom. The number of pyridine rings is 1. The van der Waals surface area contributed by atoms with Gasteiger partial charge in [0, 0.05) is 18.0 Å². The van der Waals surface area contributed by atoms with Gasteiger partial charge >= 0.3 is 0 Å². The molecule has 1 aliphatic rings. The van der Waals surface area contributed by atoms with E-state index in [9.17, 15) is 0 Å². The van der Waals surface area contributed by atoms with E-state index in [0.717, 1.165) is 5.69 Å². The normalized spacial score (nSPS) is 16.5. The summed E-state index contributed by atoms with van der Waals surface area (Å²) in [4.78, 5) is 9.14. The number of fused-ring (bicyclic) bond motifs is 1. The molecule has 3 heteroatoms. The lowest BCUT2D eigenvalue weighted by Crippen LogP contribution is -2.17. The number of nitrogens with zero attached hydrogens (tertiary/aromatic N) is 2. The van der Waals surface area contributed by atoms with Gasteiger partial charge in [-0.1, -0.05) is 31.5 Å². The van der Waals surface area contributed by atoms with Crippen molar-refractivity contribution in [3.8, 4) is 0 Å². The van der Waals surface area contributed by atoms with E-state index in [4.69, 9.17) is 4.99 Å². The third-order valence-corrected chi connectivity index (χ3v) is 4.43. The Kier molecular flexibility index (Phi) is 3.73. The molecule has 0 saturated heterocycles. The van der Waals surface area contributed by atoms with E-state index >= 15 is 0 Å². The monoisotopic (exact) mass is 293 g/mol. The molecule has 0 bridgehead atoms. The molecule has 0 spiro atoms. The number of aryl methyl sites for hydroxylation is 2. The minimum Gasteiger partial charge on any atom is -0.358 e.